The Bertz CT molecular complexity index is 757. The fourth-order valence-electron chi connectivity index (χ4n) is 3.53. The molecular formula is C16H20N4O3S. The normalized spacial score (nSPS) is 19.8. The molecule has 1 N–H and O–H groups in total. The largest absolute Gasteiger partial charge is 0.479 e. The minimum Gasteiger partial charge on any atom is -0.479 e. The zero-order chi connectivity index (χ0) is 16.6. The summed E-state index contributed by atoms with van der Waals surface area (Å²) in [7, 11) is 1.57. The molecule has 0 radical (unpaired) electrons. The van der Waals surface area contributed by atoms with Gasteiger partial charge >= 0.3 is 6.03 Å². The number of methoxy groups -OCH3 is 1. The highest BCUT2D eigenvalue weighted by atomic mass is 32.1. The van der Waals surface area contributed by atoms with E-state index in [1.807, 2.05) is 11.0 Å². The van der Waals surface area contributed by atoms with Gasteiger partial charge in [-0.05, 0) is 30.7 Å². The molecule has 4 rings (SSSR count). The van der Waals surface area contributed by atoms with Crippen molar-refractivity contribution in [2.24, 2.45) is 5.41 Å². The number of hydrogen-bond donors (Lipinski definition) is 1. The number of thiazole rings is 1. The van der Waals surface area contributed by atoms with Crippen LogP contribution in [-0.2, 0) is 4.74 Å². The molecule has 0 bridgehead atoms. The van der Waals surface area contributed by atoms with Crippen molar-refractivity contribution in [3.63, 3.8) is 0 Å². The summed E-state index contributed by atoms with van der Waals surface area (Å²) in [4.78, 5) is 23.1. The second kappa shape index (κ2) is 6.18. The number of likely N-dealkylation sites (tertiary alicyclic amines) is 1. The van der Waals surface area contributed by atoms with Crippen LogP contribution in [0.1, 0.15) is 19.3 Å². The van der Waals surface area contributed by atoms with E-state index in [-0.39, 0.29) is 11.4 Å². The first-order valence-electron chi connectivity index (χ1n) is 8.12. The molecule has 128 valence electrons. The molecule has 7 nitrogen and oxygen atoms in total. The number of amides is 2. The predicted octanol–water partition coefficient (Wildman–Crippen LogP) is 2.73. The Morgan fingerprint density at radius 2 is 2.25 bits per heavy atom. The highest BCUT2D eigenvalue weighted by Crippen LogP contribution is 2.40. The summed E-state index contributed by atoms with van der Waals surface area (Å²) in [5, 5.41) is 3.50. The van der Waals surface area contributed by atoms with Gasteiger partial charge in [-0.25, -0.2) is 14.8 Å². The van der Waals surface area contributed by atoms with Crippen LogP contribution in [0.25, 0.3) is 10.2 Å². The first-order valence-corrected chi connectivity index (χ1v) is 8.94. The number of carbonyl (C=O) groups excluding carboxylic acids is 1. The molecule has 2 aromatic rings. The molecule has 2 aliphatic rings. The van der Waals surface area contributed by atoms with E-state index < -0.39 is 0 Å². The first-order chi connectivity index (χ1) is 11.7. The lowest BCUT2D eigenvalue weighted by Gasteiger charge is -2.33. The molecule has 24 heavy (non-hydrogen) atoms. The van der Waals surface area contributed by atoms with E-state index in [1.54, 1.807) is 13.3 Å². The van der Waals surface area contributed by atoms with Gasteiger partial charge in [-0.1, -0.05) is 11.3 Å². The Balaban J connectivity index is 1.46. The van der Waals surface area contributed by atoms with Crippen LogP contribution in [0.2, 0.25) is 0 Å². The van der Waals surface area contributed by atoms with Crippen LogP contribution in [0.15, 0.2) is 12.3 Å². The van der Waals surface area contributed by atoms with Crippen LogP contribution in [0.5, 0.6) is 5.88 Å². The second-order valence-corrected chi connectivity index (χ2v) is 7.43. The molecule has 2 fully saturated rings. The summed E-state index contributed by atoms with van der Waals surface area (Å²) in [6, 6.07) is 1.79. The molecule has 2 amide bonds. The van der Waals surface area contributed by atoms with Crippen LogP contribution < -0.4 is 10.1 Å². The molecule has 2 aromatic heterocycles. The zero-order valence-corrected chi connectivity index (χ0v) is 14.4. The van der Waals surface area contributed by atoms with Gasteiger partial charge in [0.05, 0.1) is 11.8 Å². The van der Waals surface area contributed by atoms with Gasteiger partial charge in [0.25, 0.3) is 0 Å². The number of carbonyl (C=O) groups is 1. The Labute approximate surface area is 144 Å². The Kier molecular flexibility index (Phi) is 4.01. The summed E-state index contributed by atoms with van der Waals surface area (Å²) < 4.78 is 11.6. The van der Waals surface area contributed by atoms with Crippen molar-refractivity contribution in [1.82, 2.24) is 14.9 Å². The van der Waals surface area contributed by atoms with Gasteiger partial charge < -0.3 is 14.4 Å². The van der Waals surface area contributed by atoms with Crippen LogP contribution >= 0.6 is 11.3 Å². The third-order valence-corrected chi connectivity index (χ3v) is 5.90. The fourth-order valence-corrected chi connectivity index (χ4v) is 4.37. The number of nitrogens with zero attached hydrogens (tertiary/aromatic N) is 3. The van der Waals surface area contributed by atoms with E-state index in [4.69, 9.17) is 9.47 Å². The maximum atomic E-state index is 12.6. The number of nitrogens with one attached hydrogen (secondary N) is 1. The quantitative estimate of drug-likeness (QED) is 0.903. The summed E-state index contributed by atoms with van der Waals surface area (Å²) in [6.45, 7) is 3.21. The molecule has 2 aliphatic heterocycles. The van der Waals surface area contributed by atoms with Gasteiger partial charge in [0, 0.05) is 32.5 Å². The minimum absolute atomic E-state index is 0.0793. The Morgan fingerprint density at radius 3 is 3.04 bits per heavy atom. The van der Waals surface area contributed by atoms with Crippen molar-refractivity contribution in [2.75, 3.05) is 38.7 Å². The number of anilines is 1. The Hall–Kier alpha value is -1.93. The van der Waals surface area contributed by atoms with E-state index in [1.165, 1.54) is 11.3 Å². The number of fused-ring (bicyclic) bond motifs is 1. The lowest BCUT2D eigenvalue weighted by atomic mass is 9.80. The number of ether oxygens (including phenoxy) is 2. The first kappa shape index (κ1) is 15.6. The molecule has 8 heteroatoms. The number of pyridine rings is 1. The van der Waals surface area contributed by atoms with Crippen LogP contribution in [0, 0.1) is 5.41 Å². The highest BCUT2D eigenvalue weighted by Gasteiger charge is 2.41. The van der Waals surface area contributed by atoms with Gasteiger partial charge in [-0.2, -0.15) is 0 Å². The van der Waals surface area contributed by atoms with Gasteiger partial charge in [0.2, 0.25) is 5.88 Å². The third-order valence-electron chi connectivity index (χ3n) is 4.96. The average Bonchev–Trinajstić information content (AvgIpc) is 3.19. The monoisotopic (exact) mass is 348 g/mol. The molecule has 0 aliphatic carbocycles. The number of hydrogen-bond acceptors (Lipinski definition) is 6. The van der Waals surface area contributed by atoms with Crippen molar-refractivity contribution in [3.8, 4) is 5.88 Å². The summed E-state index contributed by atoms with van der Waals surface area (Å²) in [5.41, 5.74) is 0.929. The van der Waals surface area contributed by atoms with Crippen LogP contribution in [0.4, 0.5) is 9.93 Å². The maximum absolute atomic E-state index is 12.6. The molecule has 0 aromatic carbocycles. The fraction of sp³-hybridized carbons (Fsp3) is 0.562. The third kappa shape index (κ3) is 2.80. The molecule has 1 spiro atoms. The molecule has 0 atom stereocenters. The average molecular weight is 348 g/mol. The van der Waals surface area contributed by atoms with E-state index in [0.717, 1.165) is 50.3 Å². The van der Waals surface area contributed by atoms with Crippen molar-refractivity contribution in [3.05, 3.63) is 12.3 Å². The predicted molar refractivity (Wildman–Crippen MR) is 91.7 cm³/mol. The van der Waals surface area contributed by atoms with E-state index in [0.29, 0.717) is 16.5 Å². The minimum atomic E-state index is -0.0793. The molecule has 0 unspecified atom stereocenters. The zero-order valence-electron chi connectivity index (χ0n) is 13.6. The van der Waals surface area contributed by atoms with Gasteiger partial charge in [0.1, 0.15) is 5.52 Å². The van der Waals surface area contributed by atoms with E-state index in [2.05, 4.69) is 15.3 Å². The van der Waals surface area contributed by atoms with Gasteiger partial charge in [0.15, 0.2) is 5.13 Å². The molecule has 0 saturated carbocycles. The smallest absolute Gasteiger partial charge is 0.323 e. The maximum Gasteiger partial charge on any atom is 0.323 e. The number of rotatable bonds is 2. The van der Waals surface area contributed by atoms with E-state index in [9.17, 15) is 4.79 Å². The van der Waals surface area contributed by atoms with Gasteiger partial charge in [-0.3, -0.25) is 5.32 Å². The van der Waals surface area contributed by atoms with Crippen molar-refractivity contribution >= 4 is 32.7 Å². The van der Waals surface area contributed by atoms with Crippen molar-refractivity contribution in [1.29, 1.82) is 0 Å². The molecular weight excluding hydrogens is 328 g/mol. The van der Waals surface area contributed by atoms with E-state index >= 15 is 0 Å². The number of aromatic nitrogens is 2. The van der Waals surface area contributed by atoms with Gasteiger partial charge in [-0.15, -0.1) is 0 Å². The second-order valence-electron chi connectivity index (χ2n) is 6.40. The van der Waals surface area contributed by atoms with Crippen LogP contribution in [0.3, 0.4) is 0 Å². The SMILES string of the molecule is COc1nccc2sc(NC(=O)N3CCC4(CCOCC4)C3)nc12. The summed E-state index contributed by atoms with van der Waals surface area (Å²) in [5.74, 6) is 0.478. The number of urea groups is 1. The molecule has 2 saturated heterocycles. The lowest BCUT2D eigenvalue weighted by Crippen LogP contribution is -2.37. The lowest BCUT2D eigenvalue weighted by molar-refractivity contribution is 0.0211. The van der Waals surface area contributed by atoms with Crippen LogP contribution in [-0.4, -0.2) is 54.3 Å². The van der Waals surface area contributed by atoms with Crippen molar-refractivity contribution < 1.29 is 14.3 Å². The molecule has 4 heterocycles. The Morgan fingerprint density at radius 1 is 1.42 bits per heavy atom. The van der Waals surface area contributed by atoms with Crippen molar-refractivity contribution in [2.45, 2.75) is 19.3 Å². The summed E-state index contributed by atoms with van der Waals surface area (Å²) >= 11 is 1.43. The topological polar surface area (TPSA) is 76.6 Å². The summed E-state index contributed by atoms with van der Waals surface area (Å²) in [6.07, 6.45) is 4.82. The highest BCUT2D eigenvalue weighted by molar-refractivity contribution is 7.22. The standard InChI is InChI=1S/C16H20N4O3S/c1-22-13-12-11(2-6-17-13)24-14(18-12)19-15(21)20-7-3-16(10-20)4-8-23-9-5-16/h2,6H,3-5,7-10H2,1H3,(H,18,19,21).